The zero-order chi connectivity index (χ0) is 30.4. The molecule has 6 nitrogen and oxygen atoms in total. The normalized spacial score (nSPS) is 12.7. The van der Waals surface area contributed by atoms with E-state index in [1.807, 2.05) is 0 Å². The maximum Gasteiger partial charge on any atom is 0.307 e. The van der Waals surface area contributed by atoms with Crippen LogP contribution in [0.4, 0.5) is 0 Å². The van der Waals surface area contributed by atoms with E-state index in [2.05, 4.69) is 61.8 Å². The summed E-state index contributed by atoms with van der Waals surface area (Å²) in [6, 6.07) is 0. The Morgan fingerprint density at radius 3 is 1.83 bits per heavy atom. The predicted octanol–water partition coefficient (Wildman–Crippen LogP) is 8.36. The first-order valence-corrected chi connectivity index (χ1v) is 16.9. The van der Waals surface area contributed by atoms with Crippen LogP contribution in [0.3, 0.4) is 0 Å². The lowest BCUT2D eigenvalue weighted by Crippen LogP contribution is -2.39. The molecule has 0 amide bonds. The van der Waals surface area contributed by atoms with Crippen LogP contribution in [0.25, 0.3) is 0 Å². The monoisotopic (exact) mass is 579 g/mol. The molecule has 0 rings (SSSR count). The molecule has 0 spiro atoms. The van der Waals surface area contributed by atoms with E-state index in [1.165, 1.54) is 77.7 Å². The van der Waals surface area contributed by atoms with Gasteiger partial charge < -0.3 is 19.3 Å². The lowest BCUT2D eigenvalue weighted by Gasteiger charge is -2.28. The van der Waals surface area contributed by atoms with Gasteiger partial charge in [-0.25, -0.2) is 0 Å². The Bertz CT molecular complexity index is 665. The summed E-state index contributed by atoms with van der Waals surface area (Å²) in [7, 11) is 1.42. The molecule has 6 heteroatoms. The number of ether oxygens (including phenoxy) is 2. The van der Waals surface area contributed by atoms with Crippen LogP contribution in [0, 0.1) is 5.92 Å². The van der Waals surface area contributed by atoms with E-state index in [-0.39, 0.29) is 11.9 Å². The van der Waals surface area contributed by atoms with Gasteiger partial charge in [-0.15, -0.1) is 0 Å². The summed E-state index contributed by atoms with van der Waals surface area (Å²) in [4.78, 5) is 28.6. The molecule has 0 bridgehead atoms. The second-order valence-corrected chi connectivity index (χ2v) is 11.5. The van der Waals surface area contributed by atoms with Gasteiger partial charge in [-0.05, 0) is 51.0 Å². The van der Waals surface area contributed by atoms with Gasteiger partial charge in [-0.1, -0.05) is 103 Å². The molecule has 1 unspecified atom stereocenters. The molecule has 240 valence electrons. The van der Waals surface area contributed by atoms with Crippen LogP contribution in [0.2, 0.25) is 0 Å². The van der Waals surface area contributed by atoms with Crippen molar-refractivity contribution in [1.29, 1.82) is 0 Å². The highest BCUT2D eigenvalue weighted by Crippen LogP contribution is 2.10. The molecular formula is C35H66N2O4. The number of nitrogens with zero attached hydrogens (tertiary/aromatic N) is 2. The number of carbonyl (C=O) groups excluding carboxylic acids is 2. The van der Waals surface area contributed by atoms with Crippen molar-refractivity contribution in [2.24, 2.45) is 5.92 Å². The van der Waals surface area contributed by atoms with Gasteiger partial charge in [0.2, 0.25) is 0 Å². The molecule has 0 saturated heterocycles. The van der Waals surface area contributed by atoms with Gasteiger partial charge in [0.05, 0.1) is 26.6 Å². The van der Waals surface area contributed by atoms with E-state index in [0.29, 0.717) is 38.5 Å². The van der Waals surface area contributed by atoms with Gasteiger partial charge in [0.1, 0.15) is 0 Å². The van der Waals surface area contributed by atoms with Crippen molar-refractivity contribution < 1.29 is 19.1 Å². The first-order chi connectivity index (χ1) is 20.0. The average Bonchev–Trinajstić information content (AvgIpc) is 2.98. The van der Waals surface area contributed by atoms with Crippen LogP contribution in [-0.4, -0.2) is 74.7 Å². The number of carbonyl (C=O) groups is 2. The Labute approximate surface area is 254 Å². The highest BCUT2D eigenvalue weighted by molar-refractivity contribution is 5.70. The molecule has 0 aromatic carbocycles. The Morgan fingerprint density at radius 1 is 0.683 bits per heavy atom. The largest absolute Gasteiger partial charge is 0.469 e. The molecule has 0 aromatic rings. The Hall–Kier alpha value is -1.66. The summed E-state index contributed by atoms with van der Waals surface area (Å²) < 4.78 is 10.3. The smallest absolute Gasteiger partial charge is 0.307 e. The van der Waals surface area contributed by atoms with Crippen LogP contribution in [0.5, 0.6) is 0 Å². The zero-order valence-electron chi connectivity index (χ0n) is 27.7. The molecule has 1 atom stereocenters. The van der Waals surface area contributed by atoms with Crippen molar-refractivity contribution in [1.82, 2.24) is 9.80 Å². The Kier molecular flexibility index (Phi) is 28.6. The van der Waals surface area contributed by atoms with Crippen LogP contribution in [0.15, 0.2) is 24.3 Å². The fourth-order valence-corrected chi connectivity index (χ4v) is 4.69. The van der Waals surface area contributed by atoms with Gasteiger partial charge in [0.25, 0.3) is 0 Å². The molecule has 0 heterocycles. The first-order valence-electron chi connectivity index (χ1n) is 16.9. The maximum atomic E-state index is 12.3. The topological polar surface area (TPSA) is 59.1 Å². The first kappa shape index (κ1) is 39.3. The number of allylic oxidation sites excluding steroid dienone is 4. The molecule has 0 aliphatic rings. The maximum absolute atomic E-state index is 12.3. The van der Waals surface area contributed by atoms with Crippen molar-refractivity contribution in [2.75, 3.05) is 53.0 Å². The second-order valence-electron chi connectivity index (χ2n) is 11.5. The number of hydrogen-bond acceptors (Lipinski definition) is 6. The molecule has 0 aliphatic heterocycles. The molecule has 0 fully saturated rings. The van der Waals surface area contributed by atoms with Crippen molar-refractivity contribution in [3.8, 4) is 0 Å². The summed E-state index contributed by atoms with van der Waals surface area (Å²) in [6.07, 6.45) is 26.9. The average molecular weight is 579 g/mol. The van der Waals surface area contributed by atoms with Gasteiger partial charge in [0.15, 0.2) is 0 Å². The van der Waals surface area contributed by atoms with Gasteiger partial charge in [-0.3, -0.25) is 9.59 Å². The Balaban J connectivity index is 3.92. The third-order valence-corrected chi connectivity index (χ3v) is 7.80. The van der Waals surface area contributed by atoms with Gasteiger partial charge >= 0.3 is 11.9 Å². The summed E-state index contributed by atoms with van der Waals surface area (Å²) in [5, 5.41) is 0. The number of unbranched alkanes of at least 4 members (excludes halogenated alkanes) is 10. The van der Waals surface area contributed by atoms with E-state index in [9.17, 15) is 9.59 Å². The van der Waals surface area contributed by atoms with Crippen LogP contribution in [0.1, 0.15) is 130 Å². The molecule has 0 N–H and O–H groups in total. The molecule has 0 aromatic heterocycles. The Morgan fingerprint density at radius 2 is 1.24 bits per heavy atom. The van der Waals surface area contributed by atoms with Crippen LogP contribution < -0.4 is 0 Å². The number of rotatable bonds is 29. The van der Waals surface area contributed by atoms with E-state index >= 15 is 0 Å². The summed E-state index contributed by atoms with van der Waals surface area (Å²) >= 11 is 0. The lowest BCUT2D eigenvalue weighted by molar-refractivity contribution is -0.144. The minimum Gasteiger partial charge on any atom is -0.469 e. The van der Waals surface area contributed by atoms with E-state index < -0.39 is 0 Å². The molecular weight excluding hydrogens is 512 g/mol. The standard InChI is InChI=1S/C35H66N2O4/c1-6-9-10-11-12-13-14-15-16-17-18-19-20-21-22-23-24-31-41-35(39)26-28-37(27-25-34(38)40-5)30-29-36(8-3)32-33(4)7-2/h12-13,15-16,33H,6-11,14,17-32H2,1-5H3/b13-12-,16-15-. The van der Waals surface area contributed by atoms with Crippen molar-refractivity contribution in [3.05, 3.63) is 24.3 Å². The quantitative estimate of drug-likeness (QED) is 0.0505. The molecule has 0 radical (unpaired) electrons. The lowest BCUT2D eigenvalue weighted by atomic mass is 10.1. The highest BCUT2D eigenvalue weighted by Gasteiger charge is 2.14. The second kappa shape index (κ2) is 29.8. The molecule has 0 saturated carbocycles. The summed E-state index contributed by atoms with van der Waals surface area (Å²) in [5.74, 6) is 0.316. The van der Waals surface area contributed by atoms with Crippen LogP contribution >= 0.6 is 0 Å². The fourth-order valence-electron chi connectivity index (χ4n) is 4.69. The van der Waals surface area contributed by atoms with Crippen molar-refractivity contribution in [3.63, 3.8) is 0 Å². The van der Waals surface area contributed by atoms with Gasteiger partial charge in [-0.2, -0.15) is 0 Å². The fraction of sp³-hybridized carbons (Fsp3) is 0.829. The van der Waals surface area contributed by atoms with E-state index in [4.69, 9.17) is 9.47 Å². The SMILES string of the molecule is CCCCC/C=C\C/C=C\CCCCCCCCCOC(=O)CCN(CCC(=O)OC)CCN(CC)CC(C)CC. The highest BCUT2D eigenvalue weighted by atomic mass is 16.5. The minimum absolute atomic E-state index is 0.139. The summed E-state index contributed by atoms with van der Waals surface area (Å²) in [6.45, 7) is 14.5. The third-order valence-electron chi connectivity index (χ3n) is 7.80. The summed E-state index contributed by atoms with van der Waals surface area (Å²) in [5.41, 5.74) is 0. The number of likely N-dealkylation sites (N-methyl/N-ethyl adjacent to an activating group) is 1. The minimum atomic E-state index is -0.210. The zero-order valence-corrected chi connectivity index (χ0v) is 27.7. The van der Waals surface area contributed by atoms with Crippen molar-refractivity contribution >= 4 is 11.9 Å². The van der Waals surface area contributed by atoms with Crippen molar-refractivity contribution in [2.45, 2.75) is 130 Å². The molecule has 41 heavy (non-hydrogen) atoms. The van der Waals surface area contributed by atoms with E-state index in [0.717, 1.165) is 45.4 Å². The predicted molar refractivity (Wildman–Crippen MR) is 174 cm³/mol. The van der Waals surface area contributed by atoms with Gasteiger partial charge in [0, 0.05) is 32.7 Å². The number of hydrogen-bond donors (Lipinski definition) is 0. The number of methoxy groups -OCH3 is 1. The number of esters is 2. The van der Waals surface area contributed by atoms with Crippen LogP contribution in [-0.2, 0) is 19.1 Å². The third kappa shape index (κ3) is 27.0. The molecule has 0 aliphatic carbocycles. The van der Waals surface area contributed by atoms with E-state index in [1.54, 1.807) is 0 Å².